The van der Waals surface area contributed by atoms with Crippen molar-refractivity contribution in [1.29, 1.82) is 0 Å². The van der Waals surface area contributed by atoms with Crippen LogP contribution >= 0.6 is 0 Å². The molecule has 100 valence electrons. The van der Waals surface area contributed by atoms with E-state index in [0.29, 0.717) is 12.5 Å². The fraction of sp³-hybridized carbons (Fsp3) is 0.533. The maximum Gasteiger partial charge on any atom is 0.317 e. The van der Waals surface area contributed by atoms with Gasteiger partial charge in [-0.3, -0.25) is 0 Å². The van der Waals surface area contributed by atoms with Gasteiger partial charge in [0.1, 0.15) is 0 Å². The van der Waals surface area contributed by atoms with Crippen LogP contribution in [0.1, 0.15) is 32.8 Å². The van der Waals surface area contributed by atoms with Crippen molar-refractivity contribution >= 4 is 6.03 Å². The van der Waals surface area contributed by atoms with E-state index in [9.17, 15) is 4.79 Å². The van der Waals surface area contributed by atoms with Crippen LogP contribution in [0.5, 0.6) is 0 Å². The Balaban J connectivity index is 2.43. The number of nitrogens with zero attached hydrogens (tertiary/aromatic N) is 1. The molecule has 0 fully saturated rings. The molecule has 3 heteroatoms. The molecule has 0 radical (unpaired) electrons. The molecule has 0 heterocycles. The molecular weight excluding hydrogens is 224 g/mol. The summed E-state index contributed by atoms with van der Waals surface area (Å²) in [4.78, 5) is 13.8. The first kappa shape index (κ1) is 14.6. The van der Waals surface area contributed by atoms with E-state index in [4.69, 9.17) is 0 Å². The van der Waals surface area contributed by atoms with Crippen LogP contribution in [0.2, 0.25) is 0 Å². The molecule has 0 bridgehead atoms. The lowest BCUT2D eigenvalue weighted by atomic mass is 10.1. The van der Waals surface area contributed by atoms with Crippen LogP contribution in [-0.4, -0.2) is 24.0 Å². The highest BCUT2D eigenvalue weighted by Gasteiger charge is 2.11. The average Bonchev–Trinajstić information content (AvgIpc) is 2.36. The van der Waals surface area contributed by atoms with Gasteiger partial charge in [0.2, 0.25) is 0 Å². The molecule has 0 aliphatic carbocycles. The smallest absolute Gasteiger partial charge is 0.317 e. The van der Waals surface area contributed by atoms with Gasteiger partial charge in [-0.05, 0) is 24.8 Å². The quantitative estimate of drug-likeness (QED) is 0.823. The lowest BCUT2D eigenvalue weighted by molar-refractivity contribution is 0.197. The zero-order valence-corrected chi connectivity index (χ0v) is 11.6. The second kappa shape index (κ2) is 7.75. The van der Waals surface area contributed by atoms with Crippen LogP contribution in [0.15, 0.2) is 30.3 Å². The standard InChI is InChI=1S/C15H24N2O/c1-4-17(12-14-8-6-5-7-9-14)15(18)16-11-10-13(2)3/h5-9,13H,4,10-12H2,1-3H3,(H,16,18). The molecule has 18 heavy (non-hydrogen) atoms. The van der Waals surface area contributed by atoms with Gasteiger partial charge in [0.05, 0.1) is 0 Å². The second-order valence-corrected chi connectivity index (χ2v) is 4.91. The molecule has 0 saturated heterocycles. The van der Waals surface area contributed by atoms with E-state index < -0.39 is 0 Å². The fourth-order valence-corrected chi connectivity index (χ4v) is 1.71. The molecule has 1 N–H and O–H groups in total. The first-order valence-corrected chi connectivity index (χ1v) is 6.70. The van der Waals surface area contributed by atoms with E-state index in [-0.39, 0.29) is 6.03 Å². The minimum atomic E-state index is 0.0296. The Hall–Kier alpha value is -1.51. The largest absolute Gasteiger partial charge is 0.338 e. The van der Waals surface area contributed by atoms with Crippen molar-refractivity contribution in [2.45, 2.75) is 33.7 Å². The van der Waals surface area contributed by atoms with Crippen molar-refractivity contribution in [2.75, 3.05) is 13.1 Å². The Morgan fingerprint density at radius 3 is 2.50 bits per heavy atom. The molecule has 2 amide bonds. The molecule has 3 nitrogen and oxygen atoms in total. The van der Waals surface area contributed by atoms with Gasteiger partial charge in [0, 0.05) is 19.6 Å². The highest BCUT2D eigenvalue weighted by molar-refractivity contribution is 5.74. The maximum absolute atomic E-state index is 12.0. The summed E-state index contributed by atoms with van der Waals surface area (Å²) >= 11 is 0. The van der Waals surface area contributed by atoms with Gasteiger partial charge >= 0.3 is 6.03 Å². The fourth-order valence-electron chi connectivity index (χ4n) is 1.71. The van der Waals surface area contributed by atoms with Gasteiger partial charge < -0.3 is 10.2 Å². The summed E-state index contributed by atoms with van der Waals surface area (Å²) in [6.07, 6.45) is 1.02. The maximum atomic E-state index is 12.0. The number of rotatable bonds is 6. The minimum absolute atomic E-state index is 0.0296. The van der Waals surface area contributed by atoms with E-state index in [0.717, 1.165) is 19.5 Å². The van der Waals surface area contributed by atoms with Gasteiger partial charge in [-0.2, -0.15) is 0 Å². The number of amides is 2. The Bertz CT molecular complexity index is 349. The van der Waals surface area contributed by atoms with Crippen LogP contribution in [-0.2, 0) is 6.54 Å². The predicted octanol–water partition coefficient (Wildman–Crippen LogP) is 3.26. The summed E-state index contributed by atoms with van der Waals surface area (Å²) in [6, 6.07) is 10.1. The van der Waals surface area contributed by atoms with Gasteiger partial charge in [-0.15, -0.1) is 0 Å². The SMILES string of the molecule is CCN(Cc1ccccc1)C(=O)NCCC(C)C. The average molecular weight is 248 g/mol. The number of benzene rings is 1. The van der Waals surface area contributed by atoms with Crippen LogP contribution < -0.4 is 5.32 Å². The molecule has 0 aliphatic rings. The molecule has 1 aromatic rings. The highest BCUT2D eigenvalue weighted by Crippen LogP contribution is 2.04. The summed E-state index contributed by atoms with van der Waals surface area (Å²) in [5.41, 5.74) is 1.17. The lowest BCUT2D eigenvalue weighted by Crippen LogP contribution is -2.40. The molecule has 1 rings (SSSR count). The number of hydrogen-bond donors (Lipinski definition) is 1. The first-order chi connectivity index (χ1) is 8.63. The predicted molar refractivity (Wildman–Crippen MR) is 75.4 cm³/mol. The molecule has 0 spiro atoms. The number of carbonyl (C=O) groups excluding carboxylic acids is 1. The van der Waals surface area contributed by atoms with Gasteiger partial charge in [0.25, 0.3) is 0 Å². The lowest BCUT2D eigenvalue weighted by Gasteiger charge is -2.21. The number of carbonyl (C=O) groups is 1. The minimum Gasteiger partial charge on any atom is -0.338 e. The van der Waals surface area contributed by atoms with E-state index in [2.05, 4.69) is 19.2 Å². The normalized spacial score (nSPS) is 10.4. The summed E-state index contributed by atoms with van der Waals surface area (Å²) in [5, 5.41) is 2.97. The van der Waals surface area contributed by atoms with Gasteiger partial charge in [-0.25, -0.2) is 4.79 Å². The monoisotopic (exact) mass is 248 g/mol. The van der Waals surface area contributed by atoms with Crippen molar-refractivity contribution in [3.8, 4) is 0 Å². The van der Waals surface area contributed by atoms with Crippen LogP contribution in [0.25, 0.3) is 0 Å². The second-order valence-electron chi connectivity index (χ2n) is 4.91. The molecule has 0 saturated carbocycles. The third-order valence-electron chi connectivity index (χ3n) is 2.88. The van der Waals surface area contributed by atoms with E-state index >= 15 is 0 Å². The van der Waals surface area contributed by atoms with Gasteiger partial charge in [-0.1, -0.05) is 44.2 Å². The number of hydrogen-bond acceptors (Lipinski definition) is 1. The van der Waals surface area contributed by atoms with Crippen molar-refractivity contribution in [2.24, 2.45) is 5.92 Å². The van der Waals surface area contributed by atoms with Crippen molar-refractivity contribution < 1.29 is 4.79 Å². The van der Waals surface area contributed by atoms with Crippen LogP contribution in [0, 0.1) is 5.92 Å². The number of nitrogens with one attached hydrogen (secondary N) is 1. The molecule has 0 unspecified atom stereocenters. The van der Waals surface area contributed by atoms with Crippen molar-refractivity contribution in [1.82, 2.24) is 10.2 Å². The van der Waals surface area contributed by atoms with E-state index in [1.807, 2.05) is 42.2 Å². The third-order valence-corrected chi connectivity index (χ3v) is 2.88. The Labute approximate surface area is 110 Å². The summed E-state index contributed by atoms with van der Waals surface area (Å²) in [5.74, 6) is 0.620. The van der Waals surface area contributed by atoms with Gasteiger partial charge in [0.15, 0.2) is 0 Å². The van der Waals surface area contributed by atoms with Crippen molar-refractivity contribution in [3.05, 3.63) is 35.9 Å². The molecule has 1 aromatic carbocycles. The Morgan fingerprint density at radius 1 is 1.28 bits per heavy atom. The summed E-state index contributed by atoms with van der Waals surface area (Å²) < 4.78 is 0. The Kier molecular flexibility index (Phi) is 6.26. The molecular formula is C15H24N2O. The summed E-state index contributed by atoms with van der Waals surface area (Å²) in [6.45, 7) is 8.47. The van der Waals surface area contributed by atoms with Crippen LogP contribution in [0.4, 0.5) is 4.79 Å². The highest BCUT2D eigenvalue weighted by atomic mass is 16.2. The summed E-state index contributed by atoms with van der Waals surface area (Å²) in [7, 11) is 0. The van der Waals surface area contributed by atoms with E-state index in [1.165, 1.54) is 5.56 Å². The zero-order valence-electron chi connectivity index (χ0n) is 11.6. The zero-order chi connectivity index (χ0) is 13.4. The van der Waals surface area contributed by atoms with Crippen LogP contribution in [0.3, 0.4) is 0 Å². The molecule has 0 atom stereocenters. The number of urea groups is 1. The van der Waals surface area contributed by atoms with Crippen molar-refractivity contribution in [3.63, 3.8) is 0 Å². The first-order valence-electron chi connectivity index (χ1n) is 6.70. The topological polar surface area (TPSA) is 32.3 Å². The Morgan fingerprint density at radius 2 is 1.94 bits per heavy atom. The van der Waals surface area contributed by atoms with E-state index in [1.54, 1.807) is 0 Å². The molecule has 0 aliphatic heterocycles. The third kappa shape index (κ3) is 5.21. The molecule has 0 aromatic heterocycles.